The second-order valence-electron chi connectivity index (χ2n) is 8.39. The summed E-state index contributed by atoms with van der Waals surface area (Å²) in [6.45, 7) is 7.95. The SMILES string of the molecule is Cc1cccc(S(=O)(=O)NCC(c2ccc(N(C)C)cc2)N2CCN(C)CC2)c1C. The number of sulfonamides is 1. The first kappa shape index (κ1) is 22.7. The summed E-state index contributed by atoms with van der Waals surface area (Å²) < 4.78 is 29.0. The molecule has 1 saturated heterocycles. The van der Waals surface area contributed by atoms with E-state index in [2.05, 4.69) is 50.7 Å². The Morgan fingerprint density at radius 3 is 2.23 bits per heavy atom. The molecule has 1 unspecified atom stereocenters. The van der Waals surface area contributed by atoms with Gasteiger partial charge in [-0.05, 0) is 55.8 Å². The number of hydrogen-bond acceptors (Lipinski definition) is 5. The highest BCUT2D eigenvalue weighted by Gasteiger charge is 2.26. The number of nitrogens with zero attached hydrogens (tertiary/aromatic N) is 3. The minimum Gasteiger partial charge on any atom is -0.378 e. The molecule has 0 saturated carbocycles. The van der Waals surface area contributed by atoms with Crippen LogP contribution in [0.1, 0.15) is 22.7 Å². The number of benzene rings is 2. The van der Waals surface area contributed by atoms with Gasteiger partial charge in [0.1, 0.15) is 0 Å². The summed E-state index contributed by atoms with van der Waals surface area (Å²) in [6, 6.07) is 13.8. The molecule has 1 aliphatic heterocycles. The maximum absolute atomic E-state index is 13.1. The Morgan fingerprint density at radius 2 is 1.63 bits per heavy atom. The third kappa shape index (κ3) is 5.21. The third-order valence-electron chi connectivity index (χ3n) is 6.08. The summed E-state index contributed by atoms with van der Waals surface area (Å²) in [7, 11) is 2.58. The first-order chi connectivity index (χ1) is 14.2. The average molecular weight is 431 g/mol. The lowest BCUT2D eigenvalue weighted by atomic mass is 10.0. The third-order valence-corrected chi connectivity index (χ3v) is 7.65. The van der Waals surface area contributed by atoms with E-state index in [0.717, 1.165) is 48.6 Å². The quantitative estimate of drug-likeness (QED) is 0.732. The molecule has 2 aromatic rings. The van der Waals surface area contributed by atoms with Crippen LogP contribution in [-0.4, -0.2) is 72.1 Å². The van der Waals surface area contributed by atoms with E-state index in [4.69, 9.17) is 0 Å². The number of aryl methyl sites for hydroxylation is 1. The molecule has 1 heterocycles. The lowest BCUT2D eigenvalue weighted by molar-refractivity contribution is 0.113. The summed E-state index contributed by atoms with van der Waals surface area (Å²) in [5.74, 6) is 0. The van der Waals surface area contributed by atoms with Crippen molar-refractivity contribution in [2.45, 2.75) is 24.8 Å². The van der Waals surface area contributed by atoms with E-state index in [-0.39, 0.29) is 6.04 Å². The van der Waals surface area contributed by atoms with Crippen molar-refractivity contribution in [3.8, 4) is 0 Å². The van der Waals surface area contributed by atoms with Crippen LogP contribution in [0.3, 0.4) is 0 Å². The second kappa shape index (κ2) is 9.47. The van der Waals surface area contributed by atoms with Crippen molar-refractivity contribution >= 4 is 15.7 Å². The zero-order chi connectivity index (χ0) is 21.9. The molecule has 0 aromatic heterocycles. The number of likely N-dealkylation sites (N-methyl/N-ethyl adjacent to an activating group) is 1. The van der Waals surface area contributed by atoms with Crippen LogP contribution in [-0.2, 0) is 10.0 Å². The van der Waals surface area contributed by atoms with Gasteiger partial charge < -0.3 is 9.80 Å². The highest BCUT2D eigenvalue weighted by Crippen LogP contribution is 2.25. The van der Waals surface area contributed by atoms with Gasteiger partial charge in [-0.25, -0.2) is 13.1 Å². The van der Waals surface area contributed by atoms with Crippen molar-refractivity contribution in [2.24, 2.45) is 0 Å². The Bertz CT molecular complexity index is 950. The summed E-state index contributed by atoms with van der Waals surface area (Å²) >= 11 is 0. The van der Waals surface area contributed by atoms with Gasteiger partial charge in [0.05, 0.1) is 4.90 Å². The maximum atomic E-state index is 13.1. The van der Waals surface area contributed by atoms with Crippen molar-refractivity contribution < 1.29 is 8.42 Å². The van der Waals surface area contributed by atoms with Crippen molar-refractivity contribution in [3.63, 3.8) is 0 Å². The lowest BCUT2D eigenvalue weighted by Crippen LogP contribution is -2.48. The molecule has 1 aliphatic rings. The van der Waals surface area contributed by atoms with Gasteiger partial charge >= 0.3 is 0 Å². The lowest BCUT2D eigenvalue weighted by Gasteiger charge is -2.38. The molecule has 1 fully saturated rings. The number of nitrogens with one attached hydrogen (secondary N) is 1. The fourth-order valence-corrected chi connectivity index (χ4v) is 5.22. The monoisotopic (exact) mass is 430 g/mol. The Morgan fingerprint density at radius 1 is 1.00 bits per heavy atom. The van der Waals surface area contributed by atoms with E-state index in [9.17, 15) is 8.42 Å². The normalized spacial score (nSPS) is 17.1. The van der Waals surface area contributed by atoms with E-state index in [1.54, 1.807) is 12.1 Å². The van der Waals surface area contributed by atoms with Gasteiger partial charge in [0.15, 0.2) is 0 Å². The van der Waals surface area contributed by atoms with E-state index >= 15 is 0 Å². The van der Waals surface area contributed by atoms with Crippen molar-refractivity contribution in [3.05, 3.63) is 59.2 Å². The highest BCUT2D eigenvalue weighted by molar-refractivity contribution is 7.89. The first-order valence-corrected chi connectivity index (χ1v) is 11.9. The molecule has 2 aromatic carbocycles. The molecule has 0 spiro atoms. The second-order valence-corrected chi connectivity index (χ2v) is 10.1. The van der Waals surface area contributed by atoms with Gasteiger partial charge in [-0.3, -0.25) is 4.90 Å². The minimum absolute atomic E-state index is 0.00481. The molecule has 0 amide bonds. The molecule has 1 N–H and O–H groups in total. The molecule has 164 valence electrons. The van der Waals surface area contributed by atoms with E-state index in [1.807, 2.05) is 34.0 Å². The topological polar surface area (TPSA) is 55.9 Å². The Kier molecular flexibility index (Phi) is 7.18. The zero-order valence-corrected chi connectivity index (χ0v) is 19.5. The van der Waals surface area contributed by atoms with Crippen LogP contribution in [0, 0.1) is 13.8 Å². The van der Waals surface area contributed by atoms with Crippen molar-refractivity contribution in [2.75, 3.05) is 58.8 Å². The number of piperazine rings is 1. The highest BCUT2D eigenvalue weighted by atomic mass is 32.2. The summed E-state index contributed by atoms with van der Waals surface area (Å²) in [4.78, 5) is 7.12. The number of anilines is 1. The summed E-state index contributed by atoms with van der Waals surface area (Å²) in [5, 5.41) is 0. The Balaban J connectivity index is 1.84. The van der Waals surface area contributed by atoms with Crippen LogP contribution in [0.4, 0.5) is 5.69 Å². The van der Waals surface area contributed by atoms with Crippen LogP contribution in [0.2, 0.25) is 0 Å². The molecule has 1 atom stereocenters. The van der Waals surface area contributed by atoms with Crippen molar-refractivity contribution in [1.29, 1.82) is 0 Å². The summed E-state index contributed by atoms with van der Waals surface area (Å²) in [6.07, 6.45) is 0. The van der Waals surface area contributed by atoms with Crippen LogP contribution in [0.15, 0.2) is 47.4 Å². The number of rotatable bonds is 7. The molecule has 7 heteroatoms. The predicted octanol–water partition coefficient (Wildman–Crippen LogP) is 2.64. The Labute approximate surface area is 181 Å². The van der Waals surface area contributed by atoms with E-state index < -0.39 is 10.0 Å². The van der Waals surface area contributed by atoms with Gasteiger partial charge in [-0.1, -0.05) is 24.3 Å². The molecule has 0 bridgehead atoms. The predicted molar refractivity (Wildman–Crippen MR) is 124 cm³/mol. The van der Waals surface area contributed by atoms with E-state index in [1.165, 1.54) is 0 Å². The molecule has 3 rings (SSSR count). The number of hydrogen-bond donors (Lipinski definition) is 1. The molecular weight excluding hydrogens is 396 g/mol. The van der Waals surface area contributed by atoms with Gasteiger partial charge in [0.25, 0.3) is 0 Å². The van der Waals surface area contributed by atoms with Gasteiger partial charge in [0.2, 0.25) is 10.0 Å². The fourth-order valence-electron chi connectivity index (χ4n) is 3.87. The van der Waals surface area contributed by atoms with Gasteiger partial charge in [0, 0.05) is 58.5 Å². The molecule has 6 nitrogen and oxygen atoms in total. The van der Waals surface area contributed by atoms with Gasteiger partial charge in [-0.15, -0.1) is 0 Å². The minimum atomic E-state index is -3.58. The maximum Gasteiger partial charge on any atom is 0.240 e. The van der Waals surface area contributed by atoms with Crippen LogP contribution in [0.5, 0.6) is 0 Å². The molecular formula is C23H34N4O2S. The van der Waals surface area contributed by atoms with Gasteiger partial charge in [-0.2, -0.15) is 0 Å². The smallest absolute Gasteiger partial charge is 0.240 e. The average Bonchev–Trinajstić information content (AvgIpc) is 2.71. The molecule has 0 radical (unpaired) electrons. The van der Waals surface area contributed by atoms with Crippen molar-refractivity contribution in [1.82, 2.24) is 14.5 Å². The molecule has 0 aliphatic carbocycles. The fraction of sp³-hybridized carbons (Fsp3) is 0.478. The van der Waals surface area contributed by atoms with Crippen LogP contribution in [0.25, 0.3) is 0 Å². The first-order valence-electron chi connectivity index (χ1n) is 10.4. The summed E-state index contributed by atoms with van der Waals surface area (Å²) in [5.41, 5.74) is 4.05. The van der Waals surface area contributed by atoms with E-state index in [0.29, 0.717) is 11.4 Å². The molecule has 30 heavy (non-hydrogen) atoms. The zero-order valence-electron chi connectivity index (χ0n) is 18.7. The van der Waals surface area contributed by atoms with Crippen LogP contribution < -0.4 is 9.62 Å². The standard InChI is InChI=1S/C23H34N4O2S/c1-18-7-6-8-23(19(18)2)30(28,29)24-17-22(27-15-13-26(5)14-16-27)20-9-11-21(12-10-20)25(3)4/h6-12,22,24H,13-17H2,1-5H3. The van der Waals surface area contributed by atoms with Crippen LogP contribution >= 0.6 is 0 Å². The largest absolute Gasteiger partial charge is 0.378 e. The Hall–Kier alpha value is -1.93.